The maximum absolute atomic E-state index is 12.4. The number of halogens is 2. The first kappa shape index (κ1) is 17.8. The smallest absolute Gasteiger partial charge is 0.282 e. The van der Waals surface area contributed by atoms with Crippen molar-refractivity contribution >= 4 is 52.3 Å². The van der Waals surface area contributed by atoms with E-state index in [1.807, 2.05) is 0 Å². The SMILES string of the molecule is O=C(CN1C(=O)c2cccc([N+](=O)[O-])c2C1=O)Nc1cc(Cl)cc(Cl)c1. The molecule has 10 heteroatoms. The third-order valence-corrected chi connectivity index (χ3v) is 4.06. The van der Waals surface area contributed by atoms with Gasteiger partial charge in [0.2, 0.25) is 5.91 Å². The Hall–Kier alpha value is -2.97. The van der Waals surface area contributed by atoms with Crippen LogP contribution in [0.1, 0.15) is 20.7 Å². The molecule has 1 heterocycles. The minimum absolute atomic E-state index is 0.109. The van der Waals surface area contributed by atoms with Crippen molar-refractivity contribution in [3.63, 3.8) is 0 Å². The minimum atomic E-state index is -0.892. The number of hydrogen-bond acceptors (Lipinski definition) is 5. The molecule has 0 fully saturated rings. The number of rotatable bonds is 4. The maximum Gasteiger partial charge on any atom is 0.282 e. The fraction of sp³-hybridized carbons (Fsp3) is 0.0625. The molecule has 1 N–H and O–H groups in total. The normalized spacial score (nSPS) is 12.9. The lowest BCUT2D eigenvalue weighted by molar-refractivity contribution is -0.385. The number of nitro benzene ring substituents is 1. The molecule has 3 rings (SSSR count). The predicted molar refractivity (Wildman–Crippen MR) is 93.6 cm³/mol. The molecular weight excluding hydrogens is 385 g/mol. The van der Waals surface area contributed by atoms with Crippen LogP contribution in [0.3, 0.4) is 0 Å². The first-order chi connectivity index (χ1) is 12.3. The van der Waals surface area contributed by atoms with Gasteiger partial charge in [-0.1, -0.05) is 29.3 Å². The summed E-state index contributed by atoms with van der Waals surface area (Å²) < 4.78 is 0. The summed E-state index contributed by atoms with van der Waals surface area (Å²) in [6.07, 6.45) is 0. The van der Waals surface area contributed by atoms with E-state index in [1.165, 1.54) is 30.3 Å². The summed E-state index contributed by atoms with van der Waals surface area (Å²) in [6.45, 7) is -0.604. The number of benzene rings is 2. The second-order valence-electron chi connectivity index (χ2n) is 5.36. The van der Waals surface area contributed by atoms with Crippen LogP contribution in [-0.4, -0.2) is 34.1 Å². The van der Waals surface area contributed by atoms with Crippen LogP contribution in [0.2, 0.25) is 10.0 Å². The monoisotopic (exact) mass is 393 g/mol. The lowest BCUT2D eigenvalue weighted by atomic mass is 10.1. The van der Waals surface area contributed by atoms with Gasteiger partial charge in [-0.05, 0) is 24.3 Å². The standard InChI is InChI=1S/C16H9Cl2N3O5/c17-8-4-9(18)6-10(5-8)19-13(22)7-20-15(23)11-2-1-3-12(21(25)26)14(11)16(20)24/h1-6H,7H2,(H,19,22). The summed E-state index contributed by atoms with van der Waals surface area (Å²) in [7, 11) is 0. The molecule has 0 atom stereocenters. The molecule has 26 heavy (non-hydrogen) atoms. The summed E-state index contributed by atoms with van der Waals surface area (Å²) in [6, 6.07) is 8.09. The number of carbonyl (C=O) groups excluding carboxylic acids is 3. The van der Waals surface area contributed by atoms with Gasteiger partial charge in [-0.15, -0.1) is 0 Å². The Balaban J connectivity index is 1.82. The van der Waals surface area contributed by atoms with Crippen molar-refractivity contribution in [2.75, 3.05) is 11.9 Å². The zero-order chi connectivity index (χ0) is 19.0. The zero-order valence-corrected chi connectivity index (χ0v) is 14.4. The van der Waals surface area contributed by atoms with Gasteiger partial charge in [-0.25, -0.2) is 0 Å². The third kappa shape index (κ3) is 3.24. The van der Waals surface area contributed by atoms with E-state index in [2.05, 4.69) is 5.32 Å². The summed E-state index contributed by atoms with van der Waals surface area (Å²) >= 11 is 11.7. The molecule has 0 unspecified atom stereocenters. The average molecular weight is 394 g/mol. The number of nitro groups is 1. The molecule has 1 aliphatic heterocycles. The van der Waals surface area contributed by atoms with Gasteiger partial charge in [0.1, 0.15) is 12.1 Å². The first-order valence-electron chi connectivity index (χ1n) is 7.17. The third-order valence-electron chi connectivity index (χ3n) is 3.62. The van der Waals surface area contributed by atoms with E-state index < -0.39 is 34.9 Å². The number of fused-ring (bicyclic) bond motifs is 1. The van der Waals surface area contributed by atoms with Crippen molar-refractivity contribution in [3.8, 4) is 0 Å². The Morgan fingerprint density at radius 3 is 2.38 bits per heavy atom. The fourth-order valence-corrected chi connectivity index (χ4v) is 3.11. The van der Waals surface area contributed by atoms with Gasteiger partial charge in [0, 0.05) is 21.8 Å². The van der Waals surface area contributed by atoms with Crippen LogP contribution in [0.25, 0.3) is 0 Å². The van der Waals surface area contributed by atoms with Gasteiger partial charge in [-0.2, -0.15) is 0 Å². The molecule has 0 aliphatic carbocycles. The largest absolute Gasteiger partial charge is 0.324 e. The highest BCUT2D eigenvalue weighted by molar-refractivity contribution is 6.35. The number of imide groups is 1. The number of nitrogens with one attached hydrogen (secondary N) is 1. The van der Waals surface area contributed by atoms with Gasteiger partial charge in [0.05, 0.1) is 10.5 Å². The first-order valence-corrected chi connectivity index (χ1v) is 7.93. The Morgan fingerprint density at radius 2 is 1.77 bits per heavy atom. The Labute approximate surface area is 156 Å². The van der Waals surface area contributed by atoms with E-state index in [9.17, 15) is 24.5 Å². The van der Waals surface area contributed by atoms with Crippen LogP contribution in [0.4, 0.5) is 11.4 Å². The van der Waals surface area contributed by atoms with Crippen molar-refractivity contribution in [2.45, 2.75) is 0 Å². The van der Waals surface area contributed by atoms with Crippen LogP contribution in [-0.2, 0) is 4.79 Å². The highest BCUT2D eigenvalue weighted by Crippen LogP contribution is 2.30. The van der Waals surface area contributed by atoms with Crippen LogP contribution < -0.4 is 5.32 Å². The minimum Gasteiger partial charge on any atom is -0.324 e. The van der Waals surface area contributed by atoms with Crippen molar-refractivity contribution in [1.82, 2.24) is 4.90 Å². The summed E-state index contributed by atoms with van der Waals surface area (Å²) in [5.74, 6) is -2.34. The van der Waals surface area contributed by atoms with E-state index in [-0.39, 0.29) is 16.8 Å². The highest BCUT2D eigenvalue weighted by atomic mass is 35.5. The Kier molecular flexibility index (Phi) is 4.62. The fourth-order valence-electron chi connectivity index (χ4n) is 2.58. The number of anilines is 1. The number of nitrogens with zero attached hydrogens (tertiary/aromatic N) is 2. The predicted octanol–water partition coefficient (Wildman–Crippen LogP) is 3.14. The summed E-state index contributed by atoms with van der Waals surface area (Å²) in [5.41, 5.74) is -0.621. The highest BCUT2D eigenvalue weighted by Gasteiger charge is 2.41. The Morgan fingerprint density at radius 1 is 1.12 bits per heavy atom. The van der Waals surface area contributed by atoms with Crippen LogP contribution in [0, 0.1) is 10.1 Å². The van der Waals surface area contributed by atoms with E-state index in [1.54, 1.807) is 0 Å². The van der Waals surface area contributed by atoms with E-state index in [0.29, 0.717) is 14.9 Å². The molecule has 0 radical (unpaired) electrons. The number of carbonyl (C=O) groups is 3. The van der Waals surface area contributed by atoms with Gasteiger partial charge >= 0.3 is 0 Å². The zero-order valence-electron chi connectivity index (χ0n) is 12.9. The van der Waals surface area contributed by atoms with E-state index >= 15 is 0 Å². The van der Waals surface area contributed by atoms with Crippen LogP contribution in [0.5, 0.6) is 0 Å². The molecule has 2 aromatic rings. The molecule has 0 aromatic heterocycles. The lowest BCUT2D eigenvalue weighted by Gasteiger charge is -2.13. The van der Waals surface area contributed by atoms with Crippen molar-refractivity contribution in [2.24, 2.45) is 0 Å². The summed E-state index contributed by atoms with van der Waals surface area (Å²) in [4.78, 5) is 47.9. The topological polar surface area (TPSA) is 110 Å². The van der Waals surface area contributed by atoms with Gasteiger partial charge < -0.3 is 5.32 Å². The second-order valence-corrected chi connectivity index (χ2v) is 6.23. The lowest BCUT2D eigenvalue weighted by Crippen LogP contribution is -2.37. The molecule has 0 saturated heterocycles. The molecular formula is C16H9Cl2N3O5. The molecule has 2 aromatic carbocycles. The van der Waals surface area contributed by atoms with Crippen molar-refractivity contribution in [1.29, 1.82) is 0 Å². The van der Waals surface area contributed by atoms with Gasteiger partial charge in [0.25, 0.3) is 17.5 Å². The molecule has 0 bridgehead atoms. The number of amides is 3. The molecule has 0 saturated carbocycles. The molecule has 132 valence electrons. The van der Waals surface area contributed by atoms with Crippen LogP contribution >= 0.6 is 23.2 Å². The van der Waals surface area contributed by atoms with Gasteiger partial charge in [0.15, 0.2) is 0 Å². The second kappa shape index (κ2) is 6.74. The average Bonchev–Trinajstić information content (AvgIpc) is 2.79. The van der Waals surface area contributed by atoms with E-state index in [4.69, 9.17) is 23.2 Å². The summed E-state index contributed by atoms with van der Waals surface area (Å²) in [5, 5.41) is 14.1. The molecule has 3 amide bonds. The van der Waals surface area contributed by atoms with Crippen molar-refractivity contribution < 1.29 is 19.3 Å². The molecule has 8 nitrogen and oxygen atoms in total. The van der Waals surface area contributed by atoms with E-state index in [0.717, 1.165) is 6.07 Å². The quantitative estimate of drug-likeness (QED) is 0.487. The Bertz CT molecular complexity index is 956. The number of hydrogen-bond donors (Lipinski definition) is 1. The maximum atomic E-state index is 12.4. The van der Waals surface area contributed by atoms with Gasteiger partial charge in [-0.3, -0.25) is 29.4 Å². The molecule has 1 aliphatic rings. The molecule has 0 spiro atoms. The van der Waals surface area contributed by atoms with Crippen molar-refractivity contribution in [3.05, 3.63) is 67.7 Å². The van der Waals surface area contributed by atoms with Crippen LogP contribution in [0.15, 0.2) is 36.4 Å².